The molecule has 0 unspecified atom stereocenters. The Kier molecular flexibility index (Phi) is 3.65. The summed E-state index contributed by atoms with van der Waals surface area (Å²) >= 11 is 5.13. The molecule has 1 aromatic carbocycles. The molecule has 1 aliphatic rings. The highest BCUT2D eigenvalue weighted by Crippen LogP contribution is 2.22. The lowest BCUT2D eigenvalue weighted by atomic mass is 10.0. The predicted octanol–water partition coefficient (Wildman–Crippen LogP) is 2.32. The van der Waals surface area contributed by atoms with Gasteiger partial charge >= 0.3 is 0 Å². The molecule has 1 aromatic heterocycles. The van der Waals surface area contributed by atoms with Crippen LogP contribution in [-0.4, -0.2) is 23.1 Å². The van der Waals surface area contributed by atoms with Crippen molar-refractivity contribution in [3.63, 3.8) is 0 Å². The minimum atomic E-state index is 0.412. The number of aromatic nitrogens is 1. The molecular weight excluding hydrogens is 266 g/mol. The van der Waals surface area contributed by atoms with Crippen LogP contribution in [0.5, 0.6) is 0 Å². The summed E-state index contributed by atoms with van der Waals surface area (Å²) in [5, 5.41) is 0. The molecule has 0 bridgehead atoms. The van der Waals surface area contributed by atoms with Crippen LogP contribution in [0.2, 0.25) is 0 Å². The molecule has 102 valence electrons. The van der Waals surface area contributed by atoms with Crippen LogP contribution in [0.1, 0.15) is 16.7 Å². The Morgan fingerprint density at radius 3 is 2.30 bits per heavy atom. The van der Waals surface area contributed by atoms with E-state index < -0.39 is 0 Å². The highest BCUT2D eigenvalue weighted by molar-refractivity contribution is 7.80. The fourth-order valence-corrected chi connectivity index (χ4v) is 2.88. The van der Waals surface area contributed by atoms with Gasteiger partial charge in [0.05, 0.1) is 5.56 Å². The Labute approximate surface area is 124 Å². The number of anilines is 1. The lowest BCUT2D eigenvalue weighted by Crippen LogP contribution is -2.29. The molecule has 0 amide bonds. The number of hydrogen-bond acceptors (Lipinski definition) is 3. The van der Waals surface area contributed by atoms with Crippen LogP contribution in [-0.2, 0) is 12.8 Å². The largest absolute Gasteiger partial charge is 0.389 e. The lowest BCUT2D eigenvalue weighted by molar-refractivity contribution is 0.790. The van der Waals surface area contributed by atoms with Crippen LogP contribution < -0.4 is 10.6 Å². The maximum Gasteiger partial charge on any atom is 0.138 e. The van der Waals surface area contributed by atoms with E-state index in [0.29, 0.717) is 4.99 Å². The number of hydrogen-bond donors (Lipinski definition) is 1. The molecular formula is C16H17N3S. The smallest absolute Gasteiger partial charge is 0.138 e. The van der Waals surface area contributed by atoms with Gasteiger partial charge in [0, 0.05) is 19.3 Å². The fourth-order valence-electron chi connectivity index (χ4n) is 2.72. The Balaban J connectivity index is 1.89. The monoisotopic (exact) mass is 283 g/mol. The van der Waals surface area contributed by atoms with Crippen LogP contribution >= 0.6 is 12.2 Å². The van der Waals surface area contributed by atoms with Gasteiger partial charge in [0.25, 0.3) is 0 Å². The van der Waals surface area contributed by atoms with Gasteiger partial charge < -0.3 is 10.6 Å². The molecule has 20 heavy (non-hydrogen) atoms. The van der Waals surface area contributed by atoms with Crippen molar-refractivity contribution in [2.75, 3.05) is 18.0 Å². The van der Waals surface area contributed by atoms with E-state index in [-0.39, 0.29) is 0 Å². The number of nitrogens with zero attached hydrogens (tertiary/aromatic N) is 2. The molecule has 2 N–H and O–H groups in total. The maximum absolute atomic E-state index is 5.81. The van der Waals surface area contributed by atoms with E-state index in [1.54, 1.807) is 6.20 Å². The Hall–Kier alpha value is -1.94. The first kappa shape index (κ1) is 13.1. The highest BCUT2D eigenvalue weighted by Gasteiger charge is 2.18. The topological polar surface area (TPSA) is 42.1 Å². The summed E-state index contributed by atoms with van der Waals surface area (Å²) in [5.41, 5.74) is 9.54. The number of nitrogens with two attached hydrogens (primary N) is 1. The first-order valence-corrected chi connectivity index (χ1v) is 7.23. The van der Waals surface area contributed by atoms with Crippen molar-refractivity contribution in [1.29, 1.82) is 0 Å². The van der Waals surface area contributed by atoms with Crippen LogP contribution in [0.15, 0.2) is 42.6 Å². The molecule has 1 aliphatic heterocycles. The first-order valence-electron chi connectivity index (χ1n) is 6.82. The van der Waals surface area contributed by atoms with E-state index in [4.69, 9.17) is 18.0 Å². The molecule has 0 aliphatic carbocycles. The zero-order valence-corrected chi connectivity index (χ0v) is 12.1. The molecule has 4 heteroatoms. The Morgan fingerprint density at radius 2 is 1.70 bits per heavy atom. The SMILES string of the molecule is NC(=S)c1cccnc1N1CCc2ccccc2CC1. The van der Waals surface area contributed by atoms with Gasteiger partial charge in [0.15, 0.2) is 0 Å². The Bertz CT molecular complexity index is 612. The van der Waals surface area contributed by atoms with Crippen LogP contribution in [0, 0.1) is 0 Å². The van der Waals surface area contributed by atoms with Crippen molar-refractivity contribution in [3.8, 4) is 0 Å². The van der Waals surface area contributed by atoms with Crippen LogP contribution in [0.25, 0.3) is 0 Å². The van der Waals surface area contributed by atoms with Gasteiger partial charge in [-0.15, -0.1) is 0 Å². The minimum Gasteiger partial charge on any atom is -0.389 e. The average Bonchev–Trinajstić information content (AvgIpc) is 2.70. The second kappa shape index (κ2) is 5.59. The van der Waals surface area contributed by atoms with Crippen molar-refractivity contribution in [2.24, 2.45) is 5.73 Å². The van der Waals surface area contributed by atoms with E-state index in [9.17, 15) is 0 Å². The molecule has 0 saturated heterocycles. The summed E-state index contributed by atoms with van der Waals surface area (Å²) < 4.78 is 0. The summed E-state index contributed by atoms with van der Waals surface area (Å²) in [6.07, 6.45) is 3.86. The molecule has 0 atom stereocenters. The van der Waals surface area contributed by atoms with Crippen LogP contribution in [0.4, 0.5) is 5.82 Å². The molecule has 0 spiro atoms. The van der Waals surface area contributed by atoms with E-state index >= 15 is 0 Å². The van der Waals surface area contributed by atoms with Crippen molar-refractivity contribution >= 4 is 23.0 Å². The van der Waals surface area contributed by atoms with Gasteiger partial charge in [-0.3, -0.25) is 0 Å². The first-order chi connectivity index (χ1) is 9.75. The summed E-state index contributed by atoms with van der Waals surface area (Å²) in [6.45, 7) is 1.90. The number of rotatable bonds is 2. The summed E-state index contributed by atoms with van der Waals surface area (Å²) in [6, 6.07) is 12.5. The molecule has 2 aromatic rings. The highest BCUT2D eigenvalue weighted by atomic mass is 32.1. The second-order valence-corrected chi connectivity index (χ2v) is 5.43. The van der Waals surface area contributed by atoms with E-state index in [2.05, 4.69) is 34.1 Å². The quantitative estimate of drug-likeness (QED) is 0.859. The number of benzene rings is 1. The number of fused-ring (bicyclic) bond motifs is 1. The van der Waals surface area contributed by atoms with Gasteiger partial charge in [-0.1, -0.05) is 36.5 Å². The molecule has 0 fully saturated rings. The molecule has 3 rings (SSSR count). The van der Waals surface area contributed by atoms with Gasteiger partial charge in [-0.25, -0.2) is 4.98 Å². The second-order valence-electron chi connectivity index (χ2n) is 4.99. The Morgan fingerprint density at radius 1 is 1.05 bits per heavy atom. The standard InChI is InChI=1S/C16H17N3S/c17-15(20)14-6-3-9-18-16(14)19-10-7-12-4-1-2-5-13(12)8-11-19/h1-6,9H,7-8,10-11H2,(H2,17,20). The maximum atomic E-state index is 5.81. The van der Waals surface area contributed by atoms with Gasteiger partial charge in [-0.05, 0) is 36.1 Å². The third-order valence-corrected chi connectivity index (χ3v) is 3.99. The number of pyridine rings is 1. The third-order valence-electron chi connectivity index (χ3n) is 3.77. The van der Waals surface area contributed by atoms with E-state index in [0.717, 1.165) is 37.3 Å². The number of thiocarbonyl (C=S) groups is 1. The van der Waals surface area contributed by atoms with Gasteiger partial charge in [0.1, 0.15) is 10.8 Å². The normalized spacial score (nSPS) is 14.5. The zero-order chi connectivity index (χ0) is 13.9. The fraction of sp³-hybridized carbons (Fsp3) is 0.250. The van der Waals surface area contributed by atoms with Crippen molar-refractivity contribution < 1.29 is 0 Å². The summed E-state index contributed by atoms with van der Waals surface area (Å²) in [7, 11) is 0. The third kappa shape index (κ3) is 2.51. The summed E-state index contributed by atoms with van der Waals surface area (Å²) in [4.78, 5) is 7.18. The molecule has 0 radical (unpaired) electrons. The zero-order valence-electron chi connectivity index (χ0n) is 11.2. The van der Waals surface area contributed by atoms with Gasteiger partial charge in [-0.2, -0.15) is 0 Å². The molecule has 3 nitrogen and oxygen atoms in total. The molecule has 2 heterocycles. The predicted molar refractivity (Wildman–Crippen MR) is 86.2 cm³/mol. The summed E-state index contributed by atoms with van der Waals surface area (Å²) in [5.74, 6) is 0.910. The van der Waals surface area contributed by atoms with Crippen molar-refractivity contribution in [2.45, 2.75) is 12.8 Å². The van der Waals surface area contributed by atoms with Crippen LogP contribution in [0.3, 0.4) is 0 Å². The van der Waals surface area contributed by atoms with Gasteiger partial charge in [0.2, 0.25) is 0 Å². The molecule has 0 saturated carbocycles. The minimum absolute atomic E-state index is 0.412. The van der Waals surface area contributed by atoms with Crippen molar-refractivity contribution in [3.05, 3.63) is 59.3 Å². The van der Waals surface area contributed by atoms with E-state index in [1.807, 2.05) is 12.1 Å². The van der Waals surface area contributed by atoms with Crippen molar-refractivity contribution in [1.82, 2.24) is 4.98 Å². The average molecular weight is 283 g/mol. The van der Waals surface area contributed by atoms with E-state index in [1.165, 1.54) is 11.1 Å². The lowest BCUT2D eigenvalue weighted by Gasteiger charge is -2.23.